The van der Waals surface area contributed by atoms with Gasteiger partial charge in [-0.25, -0.2) is 0 Å². The van der Waals surface area contributed by atoms with E-state index in [-0.39, 0.29) is 6.42 Å². The molecule has 9 heteroatoms. The number of halogens is 3. The molecule has 1 heterocycles. The van der Waals surface area contributed by atoms with Gasteiger partial charge in [0.2, 0.25) is 0 Å². The zero-order valence-corrected chi connectivity index (χ0v) is 9.93. The lowest BCUT2D eigenvalue weighted by atomic mass is 10.1. The smallest absolute Gasteiger partial charge is 0.327 e. The molecule has 1 fully saturated rings. The van der Waals surface area contributed by atoms with Crippen LogP contribution in [0, 0.1) is 0 Å². The summed E-state index contributed by atoms with van der Waals surface area (Å²) in [5, 5.41) is -1.10. The minimum Gasteiger partial charge on any atom is -0.327 e. The van der Waals surface area contributed by atoms with Crippen LogP contribution < -0.4 is 5.73 Å². The molecule has 16 heavy (non-hydrogen) atoms. The van der Waals surface area contributed by atoms with Crippen LogP contribution in [0.5, 0.6) is 0 Å². The molecule has 3 atom stereocenters. The molecule has 0 bridgehead atoms. The topological polar surface area (TPSA) is 83.6 Å². The van der Waals surface area contributed by atoms with Crippen molar-refractivity contribution in [3.05, 3.63) is 0 Å². The van der Waals surface area contributed by atoms with Crippen LogP contribution in [-0.4, -0.2) is 38.7 Å². The Balaban J connectivity index is 2.77. The van der Waals surface area contributed by atoms with Crippen LogP contribution in [0.3, 0.4) is 0 Å². The summed E-state index contributed by atoms with van der Waals surface area (Å²) in [4.78, 5) is 18.0. The highest BCUT2D eigenvalue weighted by Crippen LogP contribution is 2.52. The maximum atomic E-state index is 12.2. The van der Waals surface area contributed by atoms with Crippen LogP contribution in [0.15, 0.2) is 0 Å². The first-order valence-electron chi connectivity index (χ1n) is 4.59. The third kappa shape index (κ3) is 4.25. The normalized spacial score (nSPS) is 32.8. The van der Waals surface area contributed by atoms with Gasteiger partial charge >= 0.3 is 13.8 Å². The molecular weight excluding hydrogens is 266 g/mol. The summed E-state index contributed by atoms with van der Waals surface area (Å²) in [5.74, 6) is 0.303. The van der Waals surface area contributed by atoms with E-state index in [4.69, 9.17) is 15.5 Å². The second-order valence-corrected chi connectivity index (χ2v) is 6.96. The molecule has 3 unspecified atom stereocenters. The Morgan fingerprint density at radius 3 is 2.44 bits per heavy atom. The molecule has 0 aromatic heterocycles. The standard InChI is InChI=1S/C7H13F3NO3PS/c8-7(9,10)2-6-5(15(12,13)14)1-4(11)3-16-6/h4-6H,1-3,11H2,(H2,12,13,14). The number of thioether (sulfide) groups is 1. The molecule has 0 radical (unpaired) electrons. The maximum absolute atomic E-state index is 12.2. The molecule has 1 rings (SSSR count). The first kappa shape index (κ1) is 14.3. The average Bonchev–Trinajstić information content (AvgIpc) is 2.04. The maximum Gasteiger partial charge on any atom is 0.390 e. The van der Waals surface area contributed by atoms with Crippen molar-refractivity contribution in [1.82, 2.24) is 0 Å². The zero-order valence-electron chi connectivity index (χ0n) is 8.22. The largest absolute Gasteiger partial charge is 0.390 e. The van der Waals surface area contributed by atoms with Gasteiger partial charge in [-0.3, -0.25) is 4.57 Å². The van der Waals surface area contributed by atoms with Gasteiger partial charge in [-0.05, 0) is 6.42 Å². The molecule has 0 aliphatic carbocycles. The molecule has 1 saturated heterocycles. The Bertz CT molecular complexity index is 295. The number of rotatable bonds is 2. The third-order valence-corrected chi connectivity index (χ3v) is 5.54. The number of hydrogen-bond donors (Lipinski definition) is 3. The monoisotopic (exact) mass is 279 g/mol. The zero-order chi connectivity index (χ0) is 12.6. The molecule has 0 saturated carbocycles. The second-order valence-electron chi connectivity index (χ2n) is 3.84. The van der Waals surface area contributed by atoms with Crippen molar-refractivity contribution in [3.63, 3.8) is 0 Å². The molecule has 0 aromatic rings. The molecule has 0 aromatic carbocycles. The van der Waals surface area contributed by atoms with Crippen molar-refractivity contribution in [2.45, 2.75) is 36.0 Å². The number of nitrogens with two attached hydrogens (primary N) is 1. The van der Waals surface area contributed by atoms with E-state index in [1.807, 2.05) is 0 Å². The molecule has 96 valence electrons. The molecule has 0 spiro atoms. The van der Waals surface area contributed by atoms with E-state index in [0.29, 0.717) is 5.75 Å². The molecule has 4 N–H and O–H groups in total. The Labute approximate surface area is 94.9 Å². The van der Waals surface area contributed by atoms with Crippen LogP contribution in [0.4, 0.5) is 13.2 Å². The van der Waals surface area contributed by atoms with Crippen LogP contribution in [0.2, 0.25) is 0 Å². The van der Waals surface area contributed by atoms with E-state index in [1.165, 1.54) is 0 Å². The predicted molar refractivity (Wildman–Crippen MR) is 55.3 cm³/mol. The Morgan fingerprint density at radius 2 is 2.00 bits per heavy atom. The van der Waals surface area contributed by atoms with Gasteiger partial charge in [0.15, 0.2) is 0 Å². The van der Waals surface area contributed by atoms with Crippen LogP contribution in [0.1, 0.15) is 12.8 Å². The van der Waals surface area contributed by atoms with Crippen LogP contribution >= 0.6 is 19.4 Å². The van der Waals surface area contributed by atoms with E-state index in [2.05, 4.69) is 0 Å². The first-order chi connectivity index (χ1) is 7.09. The van der Waals surface area contributed by atoms with Gasteiger partial charge in [0, 0.05) is 17.0 Å². The highest BCUT2D eigenvalue weighted by atomic mass is 32.2. The van der Waals surface area contributed by atoms with Crippen molar-refractivity contribution in [2.75, 3.05) is 5.75 Å². The predicted octanol–water partition coefficient (Wildman–Crippen LogP) is 1.32. The number of alkyl halides is 3. The van der Waals surface area contributed by atoms with Gasteiger partial charge in [-0.15, -0.1) is 0 Å². The van der Waals surface area contributed by atoms with Gasteiger partial charge in [-0.1, -0.05) is 0 Å². The highest BCUT2D eigenvalue weighted by molar-refractivity contribution is 8.00. The van der Waals surface area contributed by atoms with Gasteiger partial charge < -0.3 is 15.5 Å². The van der Waals surface area contributed by atoms with Crippen molar-refractivity contribution in [3.8, 4) is 0 Å². The average molecular weight is 279 g/mol. The van der Waals surface area contributed by atoms with E-state index in [9.17, 15) is 17.7 Å². The Kier molecular flexibility index (Phi) is 4.34. The second kappa shape index (κ2) is 4.86. The van der Waals surface area contributed by atoms with E-state index in [1.54, 1.807) is 0 Å². The lowest BCUT2D eigenvalue weighted by Gasteiger charge is -2.34. The van der Waals surface area contributed by atoms with Gasteiger partial charge in [0.1, 0.15) is 0 Å². The summed E-state index contributed by atoms with van der Waals surface area (Å²) in [5.41, 5.74) is 4.21. The quantitative estimate of drug-likeness (QED) is 0.664. The van der Waals surface area contributed by atoms with Crippen molar-refractivity contribution in [1.29, 1.82) is 0 Å². The molecule has 0 amide bonds. The van der Waals surface area contributed by atoms with Crippen LogP contribution in [0.25, 0.3) is 0 Å². The lowest BCUT2D eigenvalue weighted by molar-refractivity contribution is -0.134. The summed E-state index contributed by atoms with van der Waals surface area (Å²) in [6, 6.07) is -0.452. The fourth-order valence-electron chi connectivity index (χ4n) is 1.67. The SMILES string of the molecule is NC1CSC(CC(F)(F)F)C(P(=O)(O)O)C1. The Morgan fingerprint density at radius 1 is 1.44 bits per heavy atom. The summed E-state index contributed by atoms with van der Waals surface area (Å²) in [6.45, 7) is 0. The van der Waals surface area contributed by atoms with Crippen molar-refractivity contribution >= 4 is 19.4 Å². The molecular formula is C7H13F3NO3PS. The third-order valence-electron chi connectivity index (χ3n) is 2.36. The molecule has 1 aliphatic heterocycles. The fraction of sp³-hybridized carbons (Fsp3) is 1.00. The highest BCUT2D eigenvalue weighted by Gasteiger charge is 2.45. The summed E-state index contributed by atoms with van der Waals surface area (Å²) in [6.07, 6.45) is -5.65. The summed E-state index contributed by atoms with van der Waals surface area (Å²) in [7, 11) is -4.52. The van der Waals surface area contributed by atoms with E-state index >= 15 is 0 Å². The van der Waals surface area contributed by atoms with Gasteiger partial charge in [-0.2, -0.15) is 24.9 Å². The minimum absolute atomic E-state index is 0.0575. The summed E-state index contributed by atoms with van der Waals surface area (Å²) >= 11 is 0.896. The van der Waals surface area contributed by atoms with E-state index in [0.717, 1.165) is 11.8 Å². The lowest BCUT2D eigenvalue weighted by Crippen LogP contribution is -2.41. The van der Waals surface area contributed by atoms with Gasteiger partial charge in [0.05, 0.1) is 12.1 Å². The fourth-order valence-corrected chi connectivity index (χ4v) is 4.75. The Hall–Kier alpha value is 0.250. The van der Waals surface area contributed by atoms with E-state index < -0.39 is 37.1 Å². The van der Waals surface area contributed by atoms with Gasteiger partial charge in [0.25, 0.3) is 0 Å². The number of hydrogen-bond acceptors (Lipinski definition) is 3. The van der Waals surface area contributed by atoms with Crippen molar-refractivity contribution < 1.29 is 27.5 Å². The minimum atomic E-state index is -4.52. The summed E-state index contributed by atoms with van der Waals surface area (Å²) < 4.78 is 47.7. The van der Waals surface area contributed by atoms with Crippen molar-refractivity contribution in [2.24, 2.45) is 5.73 Å². The van der Waals surface area contributed by atoms with Crippen LogP contribution in [-0.2, 0) is 4.57 Å². The molecule has 4 nitrogen and oxygen atoms in total. The molecule has 1 aliphatic rings. The first-order valence-corrected chi connectivity index (χ1v) is 7.32.